The van der Waals surface area contributed by atoms with Gasteiger partial charge in [0.25, 0.3) is 5.91 Å². The van der Waals surface area contributed by atoms with Gasteiger partial charge in [0.15, 0.2) is 18.0 Å². The van der Waals surface area contributed by atoms with E-state index in [2.05, 4.69) is 5.32 Å². The minimum absolute atomic E-state index is 0.112. The molecule has 23 heavy (non-hydrogen) atoms. The Balaban J connectivity index is 1.70. The van der Waals surface area contributed by atoms with Gasteiger partial charge in [-0.05, 0) is 17.7 Å². The van der Waals surface area contributed by atoms with Crippen molar-refractivity contribution < 1.29 is 24.0 Å². The lowest BCUT2D eigenvalue weighted by atomic mass is 9.99. The summed E-state index contributed by atoms with van der Waals surface area (Å²) in [4.78, 5) is 26.3. The summed E-state index contributed by atoms with van der Waals surface area (Å²) in [5.74, 6) is 1.33. The van der Waals surface area contributed by atoms with Crippen LogP contribution in [0.1, 0.15) is 11.1 Å². The number of rotatable bonds is 4. The van der Waals surface area contributed by atoms with Crippen molar-refractivity contribution in [3.8, 4) is 11.5 Å². The van der Waals surface area contributed by atoms with E-state index >= 15 is 0 Å². The molecule has 2 aliphatic heterocycles. The largest absolute Gasteiger partial charge is 0.493 e. The second-order valence-corrected chi connectivity index (χ2v) is 5.86. The lowest BCUT2D eigenvalue weighted by Gasteiger charge is -2.27. The molecule has 1 aromatic carbocycles. The summed E-state index contributed by atoms with van der Waals surface area (Å²) in [6.07, 6.45) is 0.879. The average Bonchev–Trinajstić information content (AvgIpc) is 2.99. The van der Waals surface area contributed by atoms with Crippen LogP contribution in [0.25, 0.3) is 0 Å². The first-order valence-electron chi connectivity index (χ1n) is 7.78. The molecule has 0 saturated carbocycles. The van der Waals surface area contributed by atoms with Crippen LogP contribution >= 0.6 is 0 Å². The molecule has 0 aromatic heterocycles. The van der Waals surface area contributed by atoms with Gasteiger partial charge in [0, 0.05) is 25.1 Å². The molecule has 124 valence electrons. The molecule has 1 unspecified atom stereocenters. The summed E-state index contributed by atoms with van der Waals surface area (Å²) in [6, 6.07) is 3.72. The Morgan fingerprint density at radius 3 is 2.57 bits per heavy atom. The third-order valence-electron chi connectivity index (χ3n) is 4.45. The lowest BCUT2D eigenvalue weighted by Crippen LogP contribution is -3.12. The summed E-state index contributed by atoms with van der Waals surface area (Å²) in [6.45, 7) is 2.95. The standard InChI is InChI=1S/C16H21N3O4/c1-22-13-7-11-3-5-18(9-12(11)8-14(13)23-2)10-15(20)19-6-4-17-16(19)21/h7-8H,3-6,9-10H2,1-2H3,(H,17,21)/p+1. The summed E-state index contributed by atoms with van der Waals surface area (Å²) in [7, 11) is 3.25. The van der Waals surface area contributed by atoms with Crippen LogP contribution in [-0.4, -0.2) is 57.2 Å². The van der Waals surface area contributed by atoms with Gasteiger partial charge in [0.05, 0.1) is 20.8 Å². The van der Waals surface area contributed by atoms with Crippen molar-refractivity contribution in [1.29, 1.82) is 0 Å². The Kier molecular flexibility index (Phi) is 4.38. The van der Waals surface area contributed by atoms with Crippen LogP contribution in [0, 0.1) is 0 Å². The number of nitrogens with zero attached hydrogens (tertiary/aromatic N) is 1. The van der Waals surface area contributed by atoms with Crippen LogP contribution in [0.5, 0.6) is 11.5 Å². The normalized spacial score (nSPS) is 20.0. The van der Waals surface area contributed by atoms with E-state index in [9.17, 15) is 9.59 Å². The Morgan fingerprint density at radius 1 is 1.26 bits per heavy atom. The minimum Gasteiger partial charge on any atom is -0.493 e. The Bertz CT molecular complexity index is 632. The van der Waals surface area contributed by atoms with Gasteiger partial charge in [-0.2, -0.15) is 0 Å². The zero-order chi connectivity index (χ0) is 16.4. The highest BCUT2D eigenvalue weighted by atomic mass is 16.5. The fourth-order valence-electron chi connectivity index (χ4n) is 3.20. The average molecular weight is 320 g/mol. The first-order valence-corrected chi connectivity index (χ1v) is 7.78. The number of methoxy groups -OCH3 is 2. The quantitative estimate of drug-likeness (QED) is 0.762. The van der Waals surface area contributed by atoms with E-state index in [0.29, 0.717) is 25.4 Å². The predicted octanol–water partition coefficient (Wildman–Crippen LogP) is -0.803. The number of ether oxygens (including phenoxy) is 2. The maximum absolute atomic E-state index is 12.3. The number of carbonyl (C=O) groups is 2. The number of imide groups is 1. The van der Waals surface area contributed by atoms with Crippen molar-refractivity contribution in [2.24, 2.45) is 0 Å². The Hall–Kier alpha value is -2.28. The van der Waals surface area contributed by atoms with Crippen LogP contribution in [-0.2, 0) is 17.8 Å². The van der Waals surface area contributed by atoms with Crippen LogP contribution < -0.4 is 19.7 Å². The van der Waals surface area contributed by atoms with E-state index in [4.69, 9.17) is 9.47 Å². The molecule has 0 spiro atoms. The van der Waals surface area contributed by atoms with Crippen molar-refractivity contribution in [1.82, 2.24) is 10.2 Å². The summed E-state index contributed by atoms with van der Waals surface area (Å²) >= 11 is 0. The second kappa shape index (κ2) is 6.45. The maximum Gasteiger partial charge on any atom is 0.324 e. The molecule has 1 fully saturated rings. The van der Waals surface area contributed by atoms with E-state index in [1.807, 2.05) is 12.1 Å². The highest BCUT2D eigenvalue weighted by Crippen LogP contribution is 2.31. The number of fused-ring (bicyclic) bond motifs is 1. The second-order valence-electron chi connectivity index (χ2n) is 5.86. The van der Waals surface area contributed by atoms with E-state index < -0.39 is 0 Å². The zero-order valence-corrected chi connectivity index (χ0v) is 13.5. The topological polar surface area (TPSA) is 72.3 Å². The van der Waals surface area contributed by atoms with E-state index in [1.54, 1.807) is 14.2 Å². The molecule has 7 heteroatoms. The number of hydrogen-bond donors (Lipinski definition) is 2. The van der Waals surface area contributed by atoms with E-state index in [1.165, 1.54) is 16.0 Å². The summed E-state index contributed by atoms with van der Waals surface area (Å²) in [5.41, 5.74) is 2.40. The number of nitrogens with one attached hydrogen (secondary N) is 2. The van der Waals surface area contributed by atoms with Crippen molar-refractivity contribution in [3.63, 3.8) is 0 Å². The molecule has 7 nitrogen and oxygen atoms in total. The third-order valence-corrected chi connectivity index (χ3v) is 4.45. The van der Waals surface area contributed by atoms with Gasteiger partial charge in [-0.25, -0.2) is 4.79 Å². The minimum atomic E-state index is -0.279. The number of quaternary nitrogens is 1. The third kappa shape index (κ3) is 3.10. The highest BCUT2D eigenvalue weighted by molar-refractivity contribution is 5.96. The van der Waals surface area contributed by atoms with Gasteiger partial charge in [0.2, 0.25) is 0 Å². The molecule has 2 N–H and O–H groups in total. The number of benzene rings is 1. The predicted molar refractivity (Wildman–Crippen MR) is 82.8 cm³/mol. The van der Waals surface area contributed by atoms with Gasteiger partial charge in [-0.3, -0.25) is 9.69 Å². The number of urea groups is 1. The maximum atomic E-state index is 12.3. The first-order chi connectivity index (χ1) is 11.1. The first kappa shape index (κ1) is 15.6. The van der Waals surface area contributed by atoms with Gasteiger partial charge in [-0.1, -0.05) is 0 Å². The molecule has 1 aromatic rings. The molecule has 0 aliphatic carbocycles. The number of hydrogen-bond acceptors (Lipinski definition) is 4. The fraction of sp³-hybridized carbons (Fsp3) is 0.500. The molecule has 1 saturated heterocycles. The van der Waals surface area contributed by atoms with Crippen molar-refractivity contribution in [3.05, 3.63) is 23.3 Å². The number of amides is 3. The highest BCUT2D eigenvalue weighted by Gasteiger charge is 2.30. The fourth-order valence-corrected chi connectivity index (χ4v) is 3.20. The van der Waals surface area contributed by atoms with Gasteiger partial charge >= 0.3 is 6.03 Å². The van der Waals surface area contributed by atoms with Gasteiger partial charge in [0.1, 0.15) is 6.54 Å². The molecule has 2 aliphatic rings. The SMILES string of the molecule is COc1cc2c(cc1OC)C[NH+](CC(=O)N1CCNC1=O)CC2. The van der Waals surface area contributed by atoms with Crippen LogP contribution in [0.3, 0.4) is 0 Å². The molecular weight excluding hydrogens is 298 g/mol. The monoisotopic (exact) mass is 320 g/mol. The van der Waals surface area contributed by atoms with Gasteiger partial charge in [-0.15, -0.1) is 0 Å². The van der Waals surface area contributed by atoms with E-state index in [-0.39, 0.29) is 11.9 Å². The van der Waals surface area contributed by atoms with Crippen molar-refractivity contribution in [2.75, 3.05) is 40.4 Å². The zero-order valence-electron chi connectivity index (χ0n) is 13.5. The Labute approximate surface area is 135 Å². The van der Waals surface area contributed by atoms with Crippen molar-refractivity contribution in [2.45, 2.75) is 13.0 Å². The molecular formula is C16H22N3O4+. The number of carbonyl (C=O) groups excluding carboxylic acids is 2. The van der Waals surface area contributed by atoms with Crippen LogP contribution in [0.4, 0.5) is 4.79 Å². The Morgan fingerprint density at radius 2 is 1.96 bits per heavy atom. The molecule has 1 atom stereocenters. The lowest BCUT2D eigenvalue weighted by molar-refractivity contribution is -0.908. The van der Waals surface area contributed by atoms with Gasteiger partial charge < -0.3 is 19.7 Å². The van der Waals surface area contributed by atoms with Crippen LogP contribution in [0.2, 0.25) is 0 Å². The van der Waals surface area contributed by atoms with Crippen molar-refractivity contribution >= 4 is 11.9 Å². The molecule has 3 rings (SSSR count). The summed E-state index contributed by atoms with van der Waals surface area (Å²) < 4.78 is 10.7. The molecule has 0 radical (unpaired) electrons. The molecule has 0 bridgehead atoms. The molecule has 3 amide bonds. The summed E-state index contributed by atoms with van der Waals surface area (Å²) in [5, 5.41) is 2.66. The van der Waals surface area contributed by atoms with Crippen LogP contribution in [0.15, 0.2) is 12.1 Å². The van der Waals surface area contributed by atoms with E-state index in [0.717, 1.165) is 30.2 Å². The molecule has 2 heterocycles. The smallest absolute Gasteiger partial charge is 0.324 e.